The second kappa shape index (κ2) is 5.48. The molecule has 0 amide bonds. The van der Waals surface area contributed by atoms with Gasteiger partial charge in [-0.1, -0.05) is 12.5 Å². The molecule has 1 aliphatic carbocycles. The highest BCUT2D eigenvalue weighted by Gasteiger charge is 2.49. The number of hydrogen-bond donors (Lipinski definition) is 0. The van der Waals surface area contributed by atoms with Crippen LogP contribution in [-0.2, 0) is 9.53 Å². The molecule has 3 nitrogen and oxygen atoms in total. The van der Waals surface area contributed by atoms with Crippen LogP contribution in [0.25, 0.3) is 0 Å². The molecule has 1 rings (SSSR count). The maximum Gasteiger partial charge on any atom is 0.313 e. The molecule has 0 aromatic rings. The van der Waals surface area contributed by atoms with Crippen LogP contribution in [0.15, 0.2) is 12.7 Å². The van der Waals surface area contributed by atoms with Gasteiger partial charge in [0.25, 0.3) is 0 Å². The first-order valence-corrected chi connectivity index (χ1v) is 5.91. The molecule has 0 N–H and O–H groups in total. The maximum absolute atomic E-state index is 12.1. The molecular formula is C13H23NO2. The Labute approximate surface area is 98.5 Å². The van der Waals surface area contributed by atoms with Crippen molar-refractivity contribution in [2.45, 2.75) is 25.7 Å². The summed E-state index contributed by atoms with van der Waals surface area (Å²) < 4.78 is 5.02. The van der Waals surface area contributed by atoms with E-state index in [1.54, 1.807) is 0 Å². The van der Waals surface area contributed by atoms with Crippen molar-refractivity contribution >= 4 is 5.97 Å². The number of methoxy groups -OCH3 is 1. The van der Waals surface area contributed by atoms with Gasteiger partial charge in [-0.3, -0.25) is 4.79 Å². The van der Waals surface area contributed by atoms with Gasteiger partial charge in [-0.05, 0) is 39.3 Å². The van der Waals surface area contributed by atoms with Crippen molar-refractivity contribution in [1.82, 2.24) is 4.90 Å². The topological polar surface area (TPSA) is 29.5 Å². The van der Waals surface area contributed by atoms with E-state index in [0.29, 0.717) is 5.92 Å². The molecule has 0 heterocycles. The summed E-state index contributed by atoms with van der Waals surface area (Å²) in [5.74, 6) is 0.338. The smallest absolute Gasteiger partial charge is 0.313 e. The lowest BCUT2D eigenvalue weighted by molar-refractivity contribution is -0.156. The monoisotopic (exact) mass is 225 g/mol. The first kappa shape index (κ1) is 13.2. The van der Waals surface area contributed by atoms with E-state index in [1.807, 2.05) is 20.2 Å². The molecule has 0 unspecified atom stereocenters. The molecule has 92 valence electrons. The molecule has 0 aromatic carbocycles. The number of ether oxygens (including phenoxy) is 1. The van der Waals surface area contributed by atoms with Crippen molar-refractivity contribution in [3.05, 3.63) is 12.7 Å². The predicted octanol–water partition coefficient (Wildman–Crippen LogP) is 2.08. The van der Waals surface area contributed by atoms with Crippen LogP contribution in [0.3, 0.4) is 0 Å². The number of carbonyl (C=O) groups is 1. The summed E-state index contributed by atoms with van der Waals surface area (Å²) in [6, 6.07) is 0. The van der Waals surface area contributed by atoms with Gasteiger partial charge < -0.3 is 9.64 Å². The molecular weight excluding hydrogens is 202 g/mol. The molecule has 2 atom stereocenters. The summed E-state index contributed by atoms with van der Waals surface area (Å²) in [5.41, 5.74) is -0.313. The SMILES string of the molecule is C=CC[C@@H]1CCC[C@]1(CN(C)C)C(=O)OC. The molecule has 0 aliphatic heterocycles. The third-order valence-corrected chi connectivity index (χ3v) is 3.60. The van der Waals surface area contributed by atoms with E-state index in [9.17, 15) is 4.79 Å². The van der Waals surface area contributed by atoms with Crippen LogP contribution < -0.4 is 0 Å². The number of hydrogen-bond acceptors (Lipinski definition) is 3. The molecule has 0 radical (unpaired) electrons. The van der Waals surface area contributed by atoms with E-state index in [0.717, 1.165) is 32.2 Å². The minimum atomic E-state index is -0.313. The second-order valence-electron chi connectivity index (χ2n) is 5.00. The van der Waals surface area contributed by atoms with Crippen LogP contribution in [0.5, 0.6) is 0 Å². The Balaban J connectivity index is 2.92. The Morgan fingerprint density at radius 2 is 2.31 bits per heavy atom. The summed E-state index contributed by atoms with van der Waals surface area (Å²) in [6.45, 7) is 4.56. The first-order chi connectivity index (χ1) is 7.56. The van der Waals surface area contributed by atoms with Gasteiger partial charge in [0.2, 0.25) is 0 Å². The number of esters is 1. The normalized spacial score (nSPS) is 29.4. The van der Waals surface area contributed by atoms with E-state index in [2.05, 4.69) is 11.5 Å². The van der Waals surface area contributed by atoms with Gasteiger partial charge >= 0.3 is 5.97 Å². The molecule has 1 aliphatic rings. The fourth-order valence-electron chi connectivity index (χ4n) is 3.00. The lowest BCUT2D eigenvalue weighted by Gasteiger charge is -2.34. The highest BCUT2D eigenvalue weighted by Crippen LogP contribution is 2.46. The Bertz CT molecular complexity index is 263. The van der Waals surface area contributed by atoms with E-state index < -0.39 is 0 Å². The van der Waals surface area contributed by atoms with Gasteiger partial charge in [-0.2, -0.15) is 0 Å². The summed E-state index contributed by atoms with van der Waals surface area (Å²) in [5, 5.41) is 0. The standard InChI is InChI=1S/C13H23NO2/c1-5-7-11-8-6-9-13(11,10-14(2)3)12(15)16-4/h5,11H,1,6-10H2,2-4H3/t11-,13-/m1/s1. The minimum absolute atomic E-state index is 0.0504. The summed E-state index contributed by atoms with van der Waals surface area (Å²) in [6.07, 6.45) is 5.99. The molecule has 0 aromatic heterocycles. The Morgan fingerprint density at radius 3 is 2.81 bits per heavy atom. The van der Waals surface area contributed by atoms with Crippen LogP contribution >= 0.6 is 0 Å². The molecule has 0 saturated heterocycles. The van der Waals surface area contributed by atoms with Gasteiger partial charge in [-0.25, -0.2) is 0 Å². The fourth-order valence-corrected chi connectivity index (χ4v) is 3.00. The van der Waals surface area contributed by atoms with E-state index >= 15 is 0 Å². The molecule has 1 saturated carbocycles. The zero-order chi connectivity index (χ0) is 12.2. The molecule has 1 fully saturated rings. The average Bonchev–Trinajstić information content (AvgIpc) is 2.61. The van der Waals surface area contributed by atoms with E-state index in [-0.39, 0.29) is 11.4 Å². The molecule has 16 heavy (non-hydrogen) atoms. The zero-order valence-corrected chi connectivity index (χ0v) is 10.7. The number of allylic oxidation sites excluding steroid dienone is 1. The second-order valence-corrected chi connectivity index (χ2v) is 5.00. The molecule has 0 bridgehead atoms. The summed E-state index contributed by atoms with van der Waals surface area (Å²) in [7, 11) is 5.50. The van der Waals surface area contributed by atoms with Gasteiger partial charge in [0, 0.05) is 6.54 Å². The van der Waals surface area contributed by atoms with Crippen molar-refractivity contribution < 1.29 is 9.53 Å². The number of nitrogens with zero attached hydrogens (tertiary/aromatic N) is 1. The third-order valence-electron chi connectivity index (χ3n) is 3.60. The van der Waals surface area contributed by atoms with Crippen LogP contribution in [0.1, 0.15) is 25.7 Å². The first-order valence-electron chi connectivity index (χ1n) is 5.91. The highest BCUT2D eigenvalue weighted by atomic mass is 16.5. The van der Waals surface area contributed by atoms with Crippen LogP contribution in [0, 0.1) is 11.3 Å². The Morgan fingerprint density at radius 1 is 1.62 bits per heavy atom. The van der Waals surface area contributed by atoms with E-state index in [1.165, 1.54) is 7.11 Å². The minimum Gasteiger partial charge on any atom is -0.469 e. The lowest BCUT2D eigenvalue weighted by atomic mass is 9.75. The molecule has 0 spiro atoms. The van der Waals surface area contributed by atoms with Crippen molar-refractivity contribution in [1.29, 1.82) is 0 Å². The average molecular weight is 225 g/mol. The molecule has 3 heteroatoms. The van der Waals surface area contributed by atoms with Crippen LogP contribution in [-0.4, -0.2) is 38.6 Å². The van der Waals surface area contributed by atoms with Crippen molar-refractivity contribution in [2.75, 3.05) is 27.7 Å². The van der Waals surface area contributed by atoms with E-state index in [4.69, 9.17) is 4.74 Å². The van der Waals surface area contributed by atoms with Crippen molar-refractivity contribution in [3.63, 3.8) is 0 Å². The maximum atomic E-state index is 12.1. The Hall–Kier alpha value is -0.830. The predicted molar refractivity (Wildman–Crippen MR) is 65.2 cm³/mol. The van der Waals surface area contributed by atoms with Crippen molar-refractivity contribution in [3.8, 4) is 0 Å². The number of carbonyl (C=O) groups excluding carboxylic acids is 1. The summed E-state index contributed by atoms with van der Waals surface area (Å²) in [4.78, 5) is 14.2. The summed E-state index contributed by atoms with van der Waals surface area (Å²) >= 11 is 0. The van der Waals surface area contributed by atoms with Crippen molar-refractivity contribution in [2.24, 2.45) is 11.3 Å². The largest absolute Gasteiger partial charge is 0.469 e. The Kier molecular flexibility index (Phi) is 4.54. The van der Waals surface area contributed by atoms with Gasteiger partial charge in [0.15, 0.2) is 0 Å². The quantitative estimate of drug-likeness (QED) is 0.530. The van der Waals surface area contributed by atoms with Crippen LogP contribution in [0.2, 0.25) is 0 Å². The third kappa shape index (κ3) is 2.46. The zero-order valence-electron chi connectivity index (χ0n) is 10.7. The lowest BCUT2D eigenvalue weighted by Crippen LogP contribution is -2.44. The van der Waals surface area contributed by atoms with Crippen LogP contribution in [0.4, 0.5) is 0 Å². The van der Waals surface area contributed by atoms with Gasteiger partial charge in [0.05, 0.1) is 12.5 Å². The highest BCUT2D eigenvalue weighted by molar-refractivity contribution is 5.78. The fraction of sp³-hybridized carbons (Fsp3) is 0.769. The van der Waals surface area contributed by atoms with Gasteiger partial charge in [0.1, 0.15) is 0 Å². The van der Waals surface area contributed by atoms with Gasteiger partial charge in [-0.15, -0.1) is 6.58 Å². The number of rotatable bonds is 5.